The summed E-state index contributed by atoms with van der Waals surface area (Å²) in [7, 11) is 1.51. The lowest BCUT2D eigenvalue weighted by molar-refractivity contribution is -0.162. The molecule has 1 aromatic carbocycles. The van der Waals surface area contributed by atoms with Gasteiger partial charge in [-0.25, -0.2) is 0 Å². The van der Waals surface area contributed by atoms with Crippen molar-refractivity contribution in [3.8, 4) is 0 Å². The Morgan fingerprint density at radius 2 is 1.85 bits per heavy atom. The van der Waals surface area contributed by atoms with Gasteiger partial charge in [-0.15, -0.1) is 12.4 Å². The molecule has 1 atom stereocenters. The minimum atomic E-state index is -4.43. The van der Waals surface area contributed by atoms with E-state index < -0.39 is 18.1 Å². The van der Waals surface area contributed by atoms with E-state index in [0.29, 0.717) is 0 Å². The lowest BCUT2D eigenvalue weighted by atomic mass is 10.0. The van der Waals surface area contributed by atoms with E-state index in [-0.39, 0.29) is 31.8 Å². The van der Waals surface area contributed by atoms with E-state index >= 15 is 0 Å². The number of carbonyl (C=O) groups excluding carboxylic acids is 1. The summed E-state index contributed by atoms with van der Waals surface area (Å²) in [6.07, 6.45) is -4.33. The fourth-order valence-corrected chi connectivity index (χ4v) is 1.68. The van der Waals surface area contributed by atoms with Gasteiger partial charge in [0.1, 0.15) is 6.04 Å². The van der Waals surface area contributed by atoms with Gasteiger partial charge in [0, 0.05) is 0 Å². The first kappa shape index (κ1) is 18.7. The molecule has 0 aliphatic rings. The van der Waals surface area contributed by atoms with Crippen LogP contribution in [0.3, 0.4) is 0 Å². The Kier molecular flexibility index (Phi) is 8.25. The van der Waals surface area contributed by atoms with Gasteiger partial charge in [0.05, 0.1) is 6.54 Å². The van der Waals surface area contributed by atoms with Gasteiger partial charge in [0.25, 0.3) is 0 Å². The van der Waals surface area contributed by atoms with Gasteiger partial charge in [0.15, 0.2) is 0 Å². The topological polar surface area (TPSA) is 41.1 Å². The molecule has 0 fully saturated rings. The number of benzene rings is 1. The maximum atomic E-state index is 12.8. The Morgan fingerprint density at radius 1 is 1.25 bits per heavy atom. The molecule has 0 saturated carbocycles. The summed E-state index contributed by atoms with van der Waals surface area (Å²) in [4.78, 5) is 11.2. The SMILES string of the molecule is CNCC(=O)NC(CCc1ccccc1)C(F)(F)F.Cl. The second kappa shape index (κ2) is 8.81. The van der Waals surface area contributed by atoms with Crippen LogP contribution >= 0.6 is 12.4 Å². The maximum absolute atomic E-state index is 12.8. The van der Waals surface area contributed by atoms with Crippen molar-refractivity contribution in [3.05, 3.63) is 35.9 Å². The van der Waals surface area contributed by atoms with Gasteiger partial charge in [-0.2, -0.15) is 13.2 Å². The number of amides is 1. The number of likely N-dealkylation sites (N-methyl/N-ethyl adjacent to an activating group) is 1. The highest BCUT2D eigenvalue weighted by atomic mass is 35.5. The smallest absolute Gasteiger partial charge is 0.343 e. The first-order valence-electron chi connectivity index (χ1n) is 5.98. The third kappa shape index (κ3) is 6.77. The van der Waals surface area contributed by atoms with Crippen LogP contribution in [0.2, 0.25) is 0 Å². The molecule has 0 bridgehead atoms. The summed E-state index contributed by atoms with van der Waals surface area (Å²) >= 11 is 0. The Labute approximate surface area is 122 Å². The molecule has 3 nitrogen and oxygen atoms in total. The van der Waals surface area contributed by atoms with Crippen LogP contribution in [0.25, 0.3) is 0 Å². The van der Waals surface area contributed by atoms with Crippen molar-refractivity contribution in [1.29, 1.82) is 0 Å². The van der Waals surface area contributed by atoms with Crippen LogP contribution in [0.15, 0.2) is 30.3 Å². The highest BCUT2D eigenvalue weighted by Crippen LogP contribution is 2.23. The van der Waals surface area contributed by atoms with Gasteiger partial charge >= 0.3 is 6.18 Å². The normalized spacial score (nSPS) is 12.4. The van der Waals surface area contributed by atoms with Crippen LogP contribution in [-0.4, -0.2) is 31.7 Å². The fourth-order valence-electron chi connectivity index (χ4n) is 1.68. The third-order valence-corrected chi connectivity index (χ3v) is 2.63. The molecule has 1 amide bonds. The second-order valence-corrected chi connectivity index (χ2v) is 4.22. The van der Waals surface area contributed by atoms with E-state index in [4.69, 9.17) is 0 Å². The Hall–Kier alpha value is -1.27. The van der Waals surface area contributed by atoms with Crippen molar-refractivity contribution in [1.82, 2.24) is 10.6 Å². The number of alkyl halides is 3. The molecule has 2 N–H and O–H groups in total. The minimum absolute atomic E-state index is 0. The molecular formula is C13H18ClF3N2O. The van der Waals surface area contributed by atoms with Gasteiger partial charge in [-0.1, -0.05) is 30.3 Å². The van der Waals surface area contributed by atoms with Crippen molar-refractivity contribution >= 4 is 18.3 Å². The molecule has 1 aromatic rings. The summed E-state index contributed by atoms with van der Waals surface area (Å²) in [6, 6.07) is 7.08. The zero-order valence-electron chi connectivity index (χ0n) is 11.0. The van der Waals surface area contributed by atoms with Gasteiger partial charge in [-0.05, 0) is 25.5 Å². The van der Waals surface area contributed by atoms with Crippen LogP contribution in [0.1, 0.15) is 12.0 Å². The van der Waals surface area contributed by atoms with E-state index in [2.05, 4.69) is 5.32 Å². The predicted molar refractivity (Wildman–Crippen MR) is 73.9 cm³/mol. The van der Waals surface area contributed by atoms with Crippen molar-refractivity contribution in [2.75, 3.05) is 13.6 Å². The first-order valence-corrected chi connectivity index (χ1v) is 5.98. The number of halogens is 4. The average molecular weight is 311 g/mol. The number of carbonyl (C=O) groups is 1. The standard InChI is InChI=1S/C13H17F3N2O.ClH/c1-17-9-12(19)18-11(13(14,15)16)8-7-10-5-3-2-4-6-10;/h2-6,11,17H,7-9H2,1H3,(H,18,19);1H. The summed E-state index contributed by atoms with van der Waals surface area (Å²) in [5.41, 5.74) is 0.819. The Balaban J connectivity index is 0.00000361. The summed E-state index contributed by atoms with van der Waals surface area (Å²) < 4.78 is 38.4. The zero-order valence-corrected chi connectivity index (χ0v) is 11.9. The largest absolute Gasteiger partial charge is 0.408 e. The second-order valence-electron chi connectivity index (χ2n) is 4.22. The van der Waals surface area contributed by atoms with E-state index in [9.17, 15) is 18.0 Å². The molecular weight excluding hydrogens is 293 g/mol. The van der Waals surface area contributed by atoms with Gasteiger partial charge in [0.2, 0.25) is 5.91 Å². The quantitative estimate of drug-likeness (QED) is 0.846. The van der Waals surface area contributed by atoms with Crippen LogP contribution in [0.4, 0.5) is 13.2 Å². The van der Waals surface area contributed by atoms with E-state index in [1.807, 2.05) is 5.32 Å². The van der Waals surface area contributed by atoms with Crippen LogP contribution in [0, 0.1) is 0 Å². The van der Waals surface area contributed by atoms with Gasteiger partial charge in [-0.3, -0.25) is 4.79 Å². The molecule has 0 aromatic heterocycles. The number of rotatable bonds is 6. The molecule has 1 rings (SSSR count). The molecule has 114 valence electrons. The van der Waals surface area contributed by atoms with Crippen LogP contribution in [0.5, 0.6) is 0 Å². The fraction of sp³-hybridized carbons (Fsp3) is 0.462. The monoisotopic (exact) mass is 310 g/mol. The molecule has 7 heteroatoms. The van der Waals surface area contributed by atoms with Crippen LogP contribution < -0.4 is 10.6 Å². The average Bonchev–Trinajstić information content (AvgIpc) is 2.34. The number of hydrogen-bond acceptors (Lipinski definition) is 2. The third-order valence-electron chi connectivity index (χ3n) is 2.63. The van der Waals surface area contributed by atoms with Crippen molar-refractivity contribution in [2.45, 2.75) is 25.1 Å². The van der Waals surface area contributed by atoms with Crippen molar-refractivity contribution in [2.24, 2.45) is 0 Å². The predicted octanol–water partition coefficient (Wildman–Crippen LogP) is 2.31. The number of aryl methyl sites for hydroxylation is 1. The highest BCUT2D eigenvalue weighted by molar-refractivity contribution is 5.85. The maximum Gasteiger partial charge on any atom is 0.408 e. The molecule has 20 heavy (non-hydrogen) atoms. The summed E-state index contributed by atoms with van der Waals surface area (Å²) in [6.45, 7) is -0.127. The number of hydrogen-bond donors (Lipinski definition) is 2. The van der Waals surface area contributed by atoms with Gasteiger partial charge < -0.3 is 10.6 Å². The molecule has 0 spiro atoms. The van der Waals surface area contributed by atoms with E-state index in [0.717, 1.165) is 5.56 Å². The molecule has 0 saturated heterocycles. The molecule has 1 unspecified atom stereocenters. The first-order chi connectivity index (χ1) is 8.93. The molecule has 0 radical (unpaired) electrons. The van der Waals surface area contributed by atoms with E-state index in [1.165, 1.54) is 7.05 Å². The van der Waals surface area contributed by atoms with E-state index in [1.54, 1.807) is 30.3 Å². The lowest BCUT2D eigenvalue weighted by Crippen LogP contribution is -2.48. The molecule has 0 aliphatic carbocycles. The minimum Gasteiger partial charge on any atom is -0.343 e. The summed E-state index contributed by atoms with van der Waals surface area (Å²) in [5, 5.41) is 4.52. The zero-order chi connectivity index (χ0) is 14.3. The van der Waals surface area contributed by atoms with Crippen LogP contribution in [-0.2, 0) is 11.2 Å². The van der Waals surface area contributed by atoms with Crippen molar-refractivity contribution in [3.63, 3.8) is 0 Å². The lowest BCUT2D eigenvalue weighted by Gasteiger charge is -2.21. The number of nitrogens with one attached hydrogen (secondary N) is 2. The Morgan fingerprint density at radius 3 is 2.35 bits per heavy atom. The molecule has 0 aliphatic heterocycles. The summed E-state index contributed by atoms with van der Waals surface area (Å²) in [5.74, 6) is -0.655. The Bertz CT molecular complexity index is 398. The molecule has 0 heterocycles. The van der Waals surface area contributed by atoms with Crippen molar-refractivity contribution < 1.29 is 18.0 Å². The highest BCUT2D eigenvalue weighted by Gasteiger charge is 2.39.